The Hall–Kier alpha value is -4.75. The number of nitrogen functional groups attached to an aromatic ring is 1. The number of aryl methyl sites for hydroxylation is 1. The lowest BCUT2D eigenvalue weighted by atomic mass is 9.95. The van der Waals surface area contributed by atoms with Crippen LogP contribution in [0.1, 0.15) is 30.6 Å². The second-order valence-electron chi connectivity index (χ2n) is 10.5. The number of nitrogens with two attached hydrogens (primary N) is 1. The molecule has 0 bridgehead atoms. The van der Waals surface area contributed by atoms with Crippen molar-refractivity contribution >= 4 is 48.7 Å². The van der Waals surface area contributed by atoms with E-state index in [1.807, 2.05) is 49.6 Å². The van der Waals surface area contributed by atoms with E-state index < -0.39 is 16.1 Å². The fourth-order valence-electron chi connectivity index (χ4n) is 5.58. The maximum absolute atomic E-state index is 14.1. The highest BCUT2D eigenvalue weighted by Crippen LogP contribution is 2.40. The highest BCUT2D eigenvalue weighted by atomic mass is 32.2. The molecule has 0 saturated heterocycles. The van der Waals surface area contributed by atoms with E-state index in [2.05, 4.69) is 16.0 Å². The topological polar surface area (TPSA) is 138 Å². The molecule has 0 radical (unpaired) electrons. The summed E-state index contributed by atoms with van der Waals surface area (Å²) < 4.78 is 35.1. The van der Waals surface area contributed by atoms with Crippen LogP contribution in [0.2, 0.25) is 0 Å². The number of fused-ring (bicyclic) bond motifs is 2. The minimum Gasteiger partial charge on any atom is -0.495 e. The van der Waals surface area contributed by atoms with E-state index in [1.54, 1.807) is 27.3 Å². The van der Waals surface area contributed by atoms with Crippen molar-refractivity contribution < 1.29 is 13.2 Å². The Labute approximate surface area is 258 Å². The largest absolute Gasteiger partial charge is 0.495 e. The molecule has 0 aliphatic rings. The van der Waals surface area contributed by atoms with E-state index >= 15 is 0 Å². The Morgan fingerprint density at radius 1 is 1.09 bits per heavy atom. The fourth-order valence-corrected chi connectivity index (χ4v) is 7.01. The predicted octanol–water partition coefficient (Wildman–Crippen LogP) is 5.13. The van der Waals surface area contributed by atoms with Crippen LogP contribution in [0.25, 0.3) is 38.2 Å². The van der Waals surface area contributed by atoms with E-state index in [0.717, 1.165) is 32.2 Å². The minimum atomic E-state index is -3.59. The number of nitrogens with zero attached hydrogens (tertiary/aromatic N) is 6. The molecule has 0 spiro atoms. The molecule has 6 rings (SSSR count). The number of hydrogen-bond donors (Lipinski definition) is 1. The molecule has 2 aromatic carbocycles. The maximum Gasteiger partial charge on any atom is 0.264 e. The first-order chi connectivity index (χ1) is 21.0. The van der Waals surface area contributed by atoms with Gasteiger partial charge in [-0.25, -0.2) is 23.1 Å². The van der Waals surface area contributed by atoms with Crippen LogP contribution >= 0.6 is 11.3 Å². The molecule has 11 nitrogen and oxygen atoms in total. The maximum atomic E-state index is 14.1. The molecule has 0 aliphatic carbocycles. The number of hydrogen-bond acceptors (Lipinski definition) is 9. The number of ether oxygens (including phenoxy) is 1. The van der Waals surface area contributed by atoms with Crippen molar-refractivity contribution in [1.29, 1.82) is 0 Å². The highest BCUT2D eigenvalue weighted by Gasteiger charge is 2.28. The molecule has 0 aliphatic heterocycles. The van der Waals surface area contributed by atoms with Gasteiger partial charge in [0, 0.05) is 23.7 Å². The zero-order chi connectivity index (χ0) is 31.3. The van der Waals surface area contributed by atoms with Crippen LogP contribution < -0.4 is 20.3 Å². The number of thiazole rings is 1. The van der Waals surface area contributed by atoms with Crippen LogP contribution in [0.3, 0.4) is 0 Å². The molecule has 0 amide bonds. The number of methoxy groups -OCH3 is 1. The van der Waals surface area contributed by atoms with Crippen molar-refractivity contribution in [2.45, 2.75) is 26.3 Å². The lowest BCUT2D eigenvalue weighted by Crippen LogP contribution is -2.25. The number of anilines is 2. The van der Waals surface area contributed by atoms with Gasteiger partial charge in [0.25, 0.3) is 5.56 Å². The molecule has 226 valence electrons. The monoisotopic (exact) mass is 629 g/mol. The molecule has 4 heterocycles. The van der Waals surface area contributed by atoms with Gasteiger partial charge >= 0.3 is 0 Å². The molecule has 0 unspecified atom stereocenters. The number of rotatable bonds is 8. The van der Waals surface area contributed by atoms with E-state index in [4.69, 9.17) is 15.6 Å². The van der Waals surface area contributed by atoms with E-state index in [1.165, 1.54) is 31.8 Å². The summed E-state index contributed by atoms with van der Waals surface area (Å²) in [6.07, 6.45) is 3.10. The first kappa shape index (κ1) is 29.3. The zero-order valence-corrected chi connectivity index (χ0v) is 26.5. The summed E-state index contributed by atoms with van der Waals surface area (Å²) in [5.74, 6) is 0.612. The first-order valence-electron chi connectivity index (χ1n) is 13.8. The van der Waals surface area contributed by atoms with Crippen LogP contribution in [0, 0.1) is 6.92 Å². The molecule has 44 heavy (non-hydrogen) atoms. The normalized spacial score (nSPS) is 12.6. The van der Waals surface area contributed by atoms with E-state index in [-0.39, 0.29) is 11.4 Å². The molecule has 0 saturated carbocycles. The van der Waals surface area contributed by atoms with Gasteiger partial charge in [-0.3, -0.25) is 13.5 Å². The lowest BCUT2D eigenvalue weighted by Gasteiger charge is -2.21. The van der Waals surface area contributed by atoms with Gasteiger partial charge in [-0.05, 0) is 48.7 Å². The van der Waals surface area contributed by atoms with Crippen molar-refractivity contribution in [2.24, 2.45) is 0 Å². The van der Waals surface area contributed by atoms with Gasteiger partial charge in [0.05, 0.1) is 36.0 Å². The van der Waals surface area contributed by atoms with E-state index in [9.17, 15) is 13.2 Å². The second kappa shape index (κ2) is 11.1. The van der Waals surface area contributed by atoms with Crippen LogP contribution in [-0.2, 0) is 10.0 Å². The molecule has 2 N–H and O–H groups in total. The second-order valence-corrected chi connectivity index (χ2v) is 13.4. The summed E-state index contributed by atoms with van der Waals surface area (Å²) >= 11 is 1.51. The lowest BCUT2D eigenvalue weighted by molar-refractivity contribution is 0.416. The average molecular weight is 630 g/mol. The average Bonchev–Trinajstić information content (AvgIpc) is 3.58. The van der Waals surface area contributed by atoms with Crippen LogP contribution in [0.4, 0.5) is 11.5 Å². The first-order valence-corrected chi connectivity index (χ1v) is 16.6. The number of aromatic nitrogens is 5. The Balaban J connectivity index is 1.63. The van der Waals surface area contributed by atoms with Crippen LogP contribution in [0.15, 0.2) is 71.1 Å². The van der Waals surface area contributed by atoms with Crippen molar-refractivity contribution in [3.8, 4) is 28.1 Å². The molecule has 1 atom stereocenters. The summed E-state index contributed by atoms with van der Waals surface area (Å²) in [6.45, 7) is 3.96. The molecule has 0 fully saturated rings. The quantitative estimate of drug-likeness (QED) is 0.245. The van der Waals surface area contributed by atoms with Crippen molar-refractivity contribution in [3.63, 3.8) is 0 Å². The van der Waals surface area contributed by atoms with Gasteiger partial charge in [-0.1, -0.05) is 37.3 Å². The smallest absolute Gasteiger partial charge is 0.264 e. The summed E-state index contributed by atoms with van der Waals surface area (Å²) in [4.78, 5) is 23.8. The van der Waals surface area contributed by atoms with Gasteiger partial charge in [0.1, 0.15) is 28.4 Å². The summed E-state index contributed by atoms with van der Waals surface area (Å²) in [6, 6.07) is 16.5. The van der Waals surface area contributed by atoms with Gasteiger partial charge in [-0.2, -0.15) is 5.10 Å². The number of sulfonamides is 1. The molecule has 13 heteroatoms. The third-order valence-corrected chi connectivity index (χ3v) is 10.0. The summed E-state index contributed by atoms with van der Waals surface area (Å²) in [5.41, 5.74) is 11.3. The summed E-state index contributed by atoms with van der Waals surface area (Å²) in [7, 11) is -0.646. The Morgan fingerprint density at radius 3 is 2.52 bits per heavy atom. The van der Waals surface area contributed by atoms with Crippen molar-refractivity contribution in [2.75, 3.05) is 30.5 Å². The SMILES string of the molecule is CC[C@@H](c1cc2scc(C)n2c(=O)c1-c1ccccc1)n1nc(-c2ccc(OC)c(N(C)S(C)(=O)=O)c2)c2c(N)ncnc21. The predicted molar refractivity (Wildman–Crippen MR) is 175 cm³/mol. The molecule has 6 aromatic rings. The van der Waals surface area contributed by atoms with Crippen LogP contribution in [-0.4, -0.2) is 53.0 Å². The molecular formula is C31H31N7O4S2. The van der Waals surface area contributed by atoms with E-state index in [0.29, 0.717) is 45.7 Å². The van der Waals surface area contributed by atoms with Crippen molar-refractivity contribution in [3.05, 3.63) is 87.9 Å². The number of pyridine rings is 1. The Kier molecular flexibility index (Phi) is 7.38. The van der Waals surface area contributed by atoms with Crippen molar-refractivity contribution in [1.82, 2.24) is 24.1 Å². The van der Waals surface area contributed by atoms with Gasteiger partial charge < -0.3 is 10.5 Å². The Bertz CT molecular complexity index is 2210. The zero-order valence-electron chi connectivity index (χ0n) is 24.8. The third kappa shape index (κ3) is 4.77. The molecular weight excluding hydrogens is 599 g/mol. The Morgan fingerprint density at radius 2 is 1.84 bits per heavy atom. The van der Waals surface area contributed by atoms with Crippen LogP contribution in [0.5, 0.6) is 5.75 Å². The summed E-state index contributed by atoms with van der Waals surface area (Å²) in [5, 5.41) is 7.55. The van der Waals surface area contributed by atoms with Gasteiger partial charge in [0.2, 0.25) is 10.0 Å². The van der Waals surface area contributed by atoms with Gasteiger partial charge in [-0.15, -0.1) is 11.3 Å². The standard InChI is InChI=1S/C31H31N7O4S2/c1-6-22(21-15-25-37(18(2)16-43-25)31(39)26(21)19-10-8-7-9-11-19)38-30-27(29(32)33-17-34-30)28(35-38)20-12-13-24(42-4)23(14-20)36(3)44(5,40)41/h7-17,22H,6H2,1-5H3,(H2,32,33,34)/t22-/m0/s1. The number of benzene rings is 2. The minimum absolute atomic E-state index is 0.102. The highest BCUT2D eigenvalue weighted by molar-refractivity contribution is 7.92. The fraction of sp³-hybridized carbons (Fsp3) is 0.226. The van der Waals surface area contributed by atoms with Gasteiger partial charge in [0.15, 0.2) is 5.65 Å². The third-order valence-electron chi connectivity index (χ3n) is 7.82. The molecule has 4 aromatic heterocycles.